The summed E-state index contributed by atoms with van der Waals surface area (Å²) in [5.41, 5.74) is 2.06. The summed E-state index contributed by atoms with van der Waals surface area (Å²) < 4.78 is 21.3. The predicted molar refractivity (Wildman–Crippen MR) is 129 cm³/mol. The molecule has 0 spiro atoms. The van der Waals surface area contributed by atoms with Crippen molar-refractivity contribution < 1.29 is 18.7 Å². The van der Waals surface area contributed by atoms with Gasteiger partial charge in [-0.2, -0.15) is 0 Å². The van der Waals surface area contributed by atoms with Crippen molar-refractivity contribution in [2.24, 2.45) is 7.05 Å². The molecule has 1 aromatic heterocycles. The fourth-order valence-electron chi connectivity index (χ4n) is 3.54. The molecule has 2 N–H and O–H groups in total. The Morgan fingerprint density at radius 1 is 1.15 bits per heavy atom. The van der Waals surface area contributed by atoms with Crippen LogP contribution in [0.1, 0.15) is 28.4 Å². The molecule has 0 aliphatic rings. The molecule has 2 amide bonds. The number of nitrogens with one attached hydrogen (secondary N) is 2. The normalized spacial score (nSPS) is 10.4. The summed E-state index contributed by atoms with van der Waals surface area (Å²) in [6, 6.07) is 9.05. The number of aromatic nitrogens is 1. The highest BCUT2D eigenvalue weighted by molar-refractivity contribution is 6.04. The molecule has 0 fully saturated rings. The van der Waals surface area contributed by atoms with Crippen LogP contribution < -0.4 is 20.9 Å². The molecule has 0 aliphatic heterocycles. The minimum Gasteiger partial charge on any atom is -0.456 e. The lowest BCUT2D eigenvalue weighted by Gasteiger charge is -2.17. The minimum atomic E-state index is -0.631. The number of rotatable bonds is 6. The first-order valence-electron chi connectivity index (χ1n) is 10.5. The first kappa shape index (κ1) is 24.3. The average molecular weight is 461 g/mol. The summed E-state index contributed by atoms with van der Waals surface area (Å²) >= 11 is 0. The lowest BCUT2D eigenvalue weighted by Crippen LogP contribution is -2.32. The van der Waals surface area contributed by atoms with Gasteiger partial charge in [0.25, 0.3) is 17.4 Å². The Morgan fingerprint density at radius 3 is 2.44 bits per heavy atom. The number of pyridine rings is 1. The molecule has 8 heteroatoms. The third-order valence-corrected chi connectivity index (χ3v) is 5.08. The van der Waals surface area contributed by atoms with Gasteiger partial charge in [0.15, 0.2) is 0 Å². The summed E-state index contributed by atoms with van der Waals surface area (Å²) in [4.78, 5) is 36.8. The van der Waals surface area contributed by atoms with E-state index in [-0.39, 0.29) is 11.4 Å². The van der Waals surface area contributed by atoms with Crippen LogP contribution in [0, 0.1) is 32.0 Å². The van der Waals surface area contributed by atoms with Gasteiger partial charge in [-0.1, -0.05) is 0 Å². The van der Waals surface area contributed by atoms with Crippen molar-refractivity contribution in [2.45, 2.75) is 20.8 Å². The molecule has 3 aromatic rings. The lowest BCUT2D eigenvalue weighted by molar-refractivity contribution is -0.111. The molecule has 1 heterocycles. The van der Waals surface area contributed by atoms with Crippen LogP contribution in [0.3, 0.4) is 0 Å². The number of nitrogens with zero attached hydrogens (tertiary/aromatic N) is 1. The molecule has 0 saturated carbocycles. The lowest BCUT2D eigenvalue weighted by atomic mass is 10.0. The largest absolute Gasteiger partial charge is 0.456 e. The molecule has 0 bridgehead atoms. The van der Waals surface area contributed by atoms with E-state index in [9.17, 15) is 18.8 Å². The summed E-state index contributed by atoms with van der Waals surface area (Å²) in [5.74, 6) is 1.32. The molecular weight excluding hydrogens is 437 g/mol. The molecule has 7 nitrogen and oxygen atoms in total. The zero-order chi connectivity index (χ0) is 25.0. The molecule has 34 heavy (non-hydrogen) atoms. The van der Waals surface area contributed by atoms with Crippen LogP contribution in [0.15, 0.2) is 47.4 Å². The fourth-order valence-corrected chi connectivity index (χ4v) is 3.54. The van der Waals surface area contributed by atoms with Crippen molar-refractivity contribution in [3.05, 3.63) is 75.5 Å². The van der Waals surface area contributed by atoms with Gasteiger partial charge in [0, 0.05) is 36.6 Å². The third kappa shape index (κ3) is 5.15. The Bertz CT molecular complexity index is 1360. The minimum absolute atomic E-state index is 0.0417. The maximum Gasteiger partial charge on any atom is 0.300 e. The molecule has 0 unspecified atom stereocenters. The SMILES string of the molecule is C#CC(=O)Nc1ccc(Oc2c(C)cc(F)cc2C)c(-c2cc(C(=O)NCC)c(=O)n(C)c2)c1. The van der Waals surface area contributed by atoms with Gasteiger partial charge in [-0.05, 0) is 74.2 Å². The van der Waals surface area contributed by atoms with Crippen molar-refractivity contribution in [3.63, 3.8) is 0 Å². The molecule has 174 valence electrons. The number of hydrogen-bond acceptors (Lipinski definition) is 4. The average Bonchev–Trinajstić information content (AvgIpc) is 2.78. The number of anilines is 1. The van der Waals surface area contributed by atoms with E-state index in [0.717, 1.165) is 0 Å². The Kier molecular flexibility index (Phi) is 7.17. The first-order valence-corrected chi connectivity index (χ1v) is 10.5. The van der Waals surface area contributed by atoms with Gasteiger partial charge in [-0.15, -0.1) is 6.42 Å². The fraction of sp³-hybridized carbons (Fsp3) is 0.192. The van der Waals surface area contributed by atoms with Gasteiger partial charge in [0.05, 0.1) is 0 Å². The number of halogens is 1. The quantitative estimate of drug-likeness (QED) is 0.545. The number of terminal acetylenes is 1. The Hall–Kier alpha value is -4.38. The van der Waals surface area contributed by atoms with Crippen LogP contribution in [0.2, 0.25) is 0 Å². The van der Waals surface area contributed by atoms with E-state index in [1.165, 1.54) is 29.8 Å². The van der Waals surface area contributed by atoms with Crippen molar-refractivity contribution in [1.29, 1.82) is 0 Å². The maximum absolute atomic E-state index is 13.8. The summed E-state index contributed by atoms with van der Waals surface area (Å²) in [6.45, 7) is 5.57. The number of amides is 2. The van der Waals surface area contributed by atoms with Crippen molar-refractivity contribution in [3.8, 4) is 35.0 Å². The van der Waals surface area contributed by atoms with Crippen molar-refractivity contribution >= 4 is 17.5 Å². The van der Waals surface area contributed by atoms with E-state index in [2.05, 4.69) is 10.6 Å². The topological polar surface area (TPSA) is 89.4 Å². The van der Waals surface area contributed by atoms with Crippen LogP contribution in [0.4, 0.5) is 10.1 Å². The number of aryl methyl sites for hydroxylation is 3. The number of carbonyl (C=O) groups excluding carboxylic acids is 2. The summed E-state index contributed by atoms with van der Waals surface area (Å²) in [7, 11) is 1.54. The maximum atomic E-state index is 13.8. The molecule has 3 rings (SSSR count). The number of benzene rings is 2. The van der Waals surface area contributed by atoms with Crippen LogP contribution >= 0.6 is 0 Å². The second kappa shape index (κ2) is 10.0. The van der Waals surface area contributed by atoms with Gasteiger partial charge in [0.2, 0.25) is 0 Å². The Morgan fingerprint density at radius 2 is 1.82 bits per heavy atom. The predicted octanol–water partition coefficient (Wildman–Crippen LogP) is 3.92. The highest BCUT2D eigenvalue weighted by Crippen LogP contribution is 2.38. The van der Waals surface area contributed by atoms with Crippen molar-refractivity contribution in [1.82, 2.24) is 9.88 Å². The van der Waals surface area contributed by atoms with Gasteiger partial charge in [-0.3, -0.25) is 14.4 Å². The zero-order valence-corrected chi connectivity index (χ0v) is 19.3. The van der Waals surface area contributed by atoms with Crippen LogP contribution in [-0.2, 0) is 11.8 Å². The smallest absolute Gasteiger partial charge is 0.300 e. The van der Waals surface area contributed by atoms with Gasteiger partial charge >= 0.3 is 0 Å². The highest BCUT2D eigenvalue weighted by atomic mass is 19.1. The van der Waals surface area contributed by atoms with Gasteiger partial charge in [0.1, 0.15) is 22.9 Å². The molecule has 0 saturated heterocycles. The number of hydrogen-bond donors (Lipinski definition) is 2. The Balaban J connectivity index is 2.21. The van der Waals surface area contributed by atoms with Gasteiger partial charge < -0.3 is 19.9 Å². The van der Waals surface area contributed by atoms with E-state index >= 15 is 0 Å². The molecule has 0 atom stereocenters. The second-order valence-corrected chi connectivity index (χ2v) is 7.70. The number of ether oxygens (including phenoxy) is 1. The molecule has 0 radical (unpaired) electrons. The van der Waals surface area contributed by atoms with Gasteiger partial charge in [-0.25, -0.2) is 4.39 Å². The first-order chi connectivity index (χ1) is 16.1. The Labute approximate surface area is 196 Å². The van der Waals surface area contributed by atoms with E-state index in [1.807, 2.05) is 5.92 Å². The van der Waals surface area contributed by atoms with Crippen LogP contribution in [0.25, 0.3) is 11.1 Å². The standard InChI is InChI=1S/C26H24FN3O4/c1-6-23(31)29-19-8-9-22(34-24-15(3)10-18(27)11-16(24)4)20(13-19)17-12-21(25(32)28-7-2)26(33)30(5)14-17/h1,8-14H,7H2,2-5H3,(H,28,32)(H,29,31). The molecule has 0 aliphatic carbocycles. The van der Waals surface area contributed by atoms with E-state index < -0.39 is 17.4 Å². The number of carbonyl (C=O) groups is 2. The third-order valence-electron chi connectivity index (χ3n) is 5.08. The van der Waals surface area contributed by atoms with E-state index in [0.29, 0.717) is 46.0 Å². The monoisotopic (exact) mass is 461 g/mol. The summed E-state index contributed by atoms with van der Waals surface area (Å²) in [5, 5.41) is 5.21. The second-order valence-electron chi connectivity index (χ2n) is 7.70. The van der Waals surface area contributed by atoms with E-state index in [1.54, 1.807) is 45.2 Å². The molecular formula is C26H24FN3O4. The van der Waals surface area contributed by atoms with Crippen LogP contribution in [-0.4, -0.2) is 22.9 Å². The highest BCUT2D eigenvalue weighted by Gasteiger charge is 2.18. The molecule has 2 aromatic carbocycles. The van der Waals surface area contributed by atoms with Crippen molar-refractivity contribution in [2.75, 3.05) is 11.9 Å². The van der Waals surface area contributed by atoms with Crippen LogP contribution in [0.5, 0.6) is 11.5 Å². The summed E-state index contributed by atoms with van der Waals surface area (Å²) in [6.07, 6.45) is 6.72. The van der Waals surface area contributed by atoms with E-state index in [4.69, 9.17) is 11.2 Å². The zero-order valence-electron chi connectivity index (χ0n) is 19.3.